The van der Waals surface area contributed by atoms with Crippen molar-refractivity contribution in [3.63, 3.8) is 0 Å². The van der Waals surface area contributed by atoms with Gasteiger partial charge < -0.3 is 20.1 Å². The van der Waals surface area contributed by atoms with Gasteiger partial charge in [-0.25, -0.2) is 9.59 Å². The first kappa shape index (κ1) is 22.5. The average molecular weight is 402 g/mol. The van der Waals surface area contributed by atoms with E-state index >= 15 is 0 Å². The molecule has 0 heterocycles. The summed E-state index contributed by atoms with van der Waals surface area (Å²) >= 11 is 0. The van der Waals surface area contributed by atoms with E-state index in [1.807, 2.05) is 0 Å². The Morgan fingerprint density at radius 1 is 1.17 bits per heavy atom. The Kier molecular flexibility index (Phi) is 7.82. The van der Waals surface area contributed by atoms with Gasteiger partial charge in [0.05, 0.1) is 6.61 Å². The molecule has 1 aromatic carbocycles. The maximum Gasteiger partial charge on any atom is 0.408 e. The first-order valence-corrected chi connectivity index (χ1v) is 9.93. The van der Waals surface area contributed by atoms with Crippen molar-refractivity contribution in [1.82, 2.24) is 5.32 Å². The lowest BCUT2D eigenvalue weighted by Gasteiger charge is -2.33. The minimum atomic E-state index is -0.637. The highest BCUT2D eigenvalue weighted by Crippen LogP contribution is 2.30. The van der Waals surface area contributed by atoms with E-state index in [2.05, 4.69) is 10.6 Å². The van der Waals surface area contributed by atoms with Crippen LogP contribution in [0.15, 0.2) is 30.3 Å². The first-order chi connectivity index (χ1) is 13.7. The molecule has 1 fully saturated rings. The van der Waals surface area contributed by atoms with Crippen LogP contribution in [0.4, 0.5) is 10.5 Å². The predicted molar refractivity (Wildman–Crippen MR) is 111 cm³/mol. The molecule has 2 rings (SSSR count). The lowest BCUT2D eigenvalue weighted by Crippen LogP contribution is -2.51. The monoisotopic (exact) mass is 402 g/mol. The van der Waals surface area contributed by atoms with Gasteiger partial charge in [-0.1, -0.05) is 18.6 Å². The Bertz CT molecular complexity index is 745. The van der Waals surface area contributed by atoms with Crippen molar-refractivity contribution < 1.29 is 23.9 Å². The Morgan fingerprint density at radius 3 is 2.34 bits per heavy atom. The molecule has 1 unspecified atom stereocenters. The highest BCUT2D eigenvalue weighted by molar-refractivity contribution is 5.97. The fourth-order valence-electron chi connectivity index (χ4n) is 2.86. The standard InChI is InChI=1S/C22H30N2O5/c1-5-28-18(25)14-11-15-9-12-17(13-10-15)23-20(26)19(16-7-6-8-16)24-21(27)29-22(2,3)4/h9-14,16,19H,5-8H2,1-4H3,(H,23,26)(H,24,27)/b14-11+. The number of nitrogens with one attached hydrogen (secondary N) is 2. The van der Waals surface area contributed by atoms with Crippen LogP contribution in [0.5, 0.6) is 0 Å². The van der Waals surface area contributed by atoms with E-state index in [0.717, 1.165) is 24.8 Å². The molecular weight excluding hydrogens is 372 g/mol. The third-order valence-electron chi connectivity index (χ3n) is 4.45. The van der Waals surface area contributed by atoms with Crippen molar-refractivity contribution in [2.24, 2.45) is 5.92 Å². The number of esters is 1. The van der Waals surface area contributed by atoms with Crippen LogP contribution in [0, 0.1) is 5.92 Å². The SMILES string of the molecule is CCOC(=O)/C=C/c1ccc(NC(=O)C(NC(=O)OC(C)(C)C)C2CCC2)cc1. The zero-order chi connectivity index (χ0) is 21.4. The maximum atomic E-state index is 12.8. The van der Waals surface area contributed by atoms with E-state index < -0.39 is 23.7 Å². The molecule has 1 aliphatic carbocycles. The molecular formula is C22H30N2O5. The molecule has 7 nitrogen and oxygen atoms in total. The second kappa shape index (κ2) is 10.1. The second-order valence-corrected chi connectivity index (χ2v) is 8.01. The number of hydrogen-bond donors (Lipinski definition) is 2. The minimum absolute atomic E-state index is 0.106. The van der Waals surface area contributed by atoms with Gasteiger partial charge in [0.1, 0.15) is 11.6 Å². The van der Waals surface area contributed by atoms with Gasteiger partial charge in [-0.3, -0.25) is 4.79 Å². The van der Waals surface area contributed by atoms with Crippen LogP contribution in [0.1, 0.15) is 52.5 Å². The molecule has 1 aromatic rings. The van der Waals surface area contributed by atoms with Gasteiger partial charge >= 0.3 is 12.1 Å². The molecule has 0 bridgehead atoms. The van der Waals surface area contributed by atoms with Crippen LogP contribution in [-0.4, -0.2) is 36.2 Å². The summed E-state index contributed by atoms with van der Waals surface area (Å²) in [7, 11) is 0. The van der Waals surface area contributed by atoms with Crippen LogP contribution in [0.25, 0.3) is 6.08 Å². The summed E-state index contributed by atoms with van der Waals surface area (Å²) < 4.78 is 10.1. The van der Waals surface area contributed by atoms with Gasteiger partial charge in [-0.15, -0.1) is 0 Å². The number of anilines is 1. The van der Waals surface area contributed by atoms with E-state index in [9.17, 15) is 14.4 Å². The van der Waals surface area contributed by atoms with Crippen molar-refractivity contribution in [2.45, 2.75) is 58.6 Å². The van der Waals surface area contributed by atoms with Gasteiger partial charge in [0.15, 0.2) is 0 Å². The molecule has 1 atom stereocenters. The van der Waals surface area contributed by atoms with Crippen molar-refractivity contribution in [3.05, 3.63) is 35.9 Å². The minimum Gasteiger partial charge on any atom is -0.463 e. The Morgan fingerprint density at radius 2 is 1.83 bits per heavy atom. The van der Waals surface area contributed by atoms with Crippen LogP contribution < -0.4 is 10.6 Å². The summed E-state index contributed by atoms with van der Waals surface area (Å²) in [5, 5.41) is 5.56. The summed E-state index contributed by atoms with van der Waals surface area (Å²) in [6.45, 7) is 7.42. The Balaban J connectivity index is 1.98. The van der Waals surface area contributed by atoms with Gasteiger partial charge in [0, 0.05) is 11.8 Å². The molecule has 2 N–H and O–H groups in total. The molecule has 0 aliphatic heterocycles. The number of benzene rings is 1. The summed E-state index contributed by atoms with van der Waals surface area (Å²) in [5.74, 6) is -0.564. The van der Waals surface area contributed by atoms with E-state index in [4.69, 9.17) is 9.47 Å². The molecule has 158 valence electrons. The first-order valence-electron chi connectivity index (χ1n) is 9.93. The lowest BCUT2D eigenvalue weighted by molar-refractivity contribution is -0.137. The Hall–Kier alpha value is -2.83. The second-order valence-electron chi connectivity index (χ2n) is 8.01. The Labute approximate surface area is 171 Å². The fraction of sp³-hybridized carbons (Fsp3) is 0.500. The maximum absolute atomic E-state index is 12.8. The third kappa shape index (κ3) is 7.60. The highest BCUT2D eigenvalue weighted by Gasteiger charge is 2.35. The molecule has 1 saturated carbocycles. The normalized spacial score (nSPS) is 15.3. The largest absolute Gasteiger partial charge is 0.463 e. The van der Waals surface area contributed by atoms with Crippen molar-refractivity contribution >= 4 is 29.7 Å². The molecule has 1 aliphatic rings. The molecule has 0 spiro atoms. The van der Waals surface area contributed by atoms with Crippen molar-refractivity contribution in [1.29, 1.82) is 0 Å². The zero-order valence-corrected chi connectivity index (χ0v) is 17.5. The number of hydrogen-bond acceptors (Lipinski definition) is 5. The molecule has 0 saturated heterocycles. The quantitative estimate of drug-likeness (QED) is 0.533. The lowest BCUT2D eigenvalue weighted by atomic mass is 9.79. The predicted octanol–water partition coefficient (Wildman–Crippen LogP) is 3.89. The third-order valence-corrected chi connectivity index (χ3v) is 4.45. The number of ether oxygens (including phenoxy) is 2. The average Bonchev–Trinajstić information content (AvgIpc) is 2.57. The molecule has 2 amide bonds. The highest BCUT2D eigenvalue weighted by atomic mass is 16.6. The summed E-state index contributed by atoms with van der Waals surface area (Å²) in [6, 6.07) is 6.42. The molecule has 0 aromatic heterocycles. The number of amides is 2. The van der Waals surface area contributed by atoms with Gasteiger partial charge in [-0.05, 0) is 70.2 Å². The van der Waals surface area contributed by atoms with Gasteiger partial charge in [-0.2, -0.15) is 0 Å². The van der Waals surface area contributed by atoms with E-state index in [1.54, 1.807) is 58.0 Å². The summed E-state index contributed by atoms with van der Waals surface area (Å²) in [4.78, 5) is 36.3. The fourth-order valence-corrected chi connectivity index (χ4v) is 2.86. The smallest absolute Gasteiger partial charge is 0.408 e. The summed E-state index contributed by atoms with van der Waals surface area (Å²) in [6.07, 6.45) is 5.24. The summed E-state index contributed by atoms with van der Waals surface area (Å²) in [5.41, 5.74) is 0.787. The topological polar surface area (TPSA) is 93.7 Å². The zero-order valence-electron chi connectivity index (χ0n) is 17.5. The van der Waals surface area contributed by atoms with E-state index in [1.165, 1.54) is 6.08 Å². The number of alkyl carbamates (subject to hydrolysis) is 1. The molecule has 0 radical (unpaired) electrons. The number of carbonyl (C=O) groups excluding carboxylic acids is 3. The number of rotatable bonds is 7. The van der Waals surface area contributed by atoms with E-state index in [-0.39, 0.29) is 11.8 Å². The van der Waals surface area contributed by atoms with Crippen molar-refractivity contribution in [3.8, 4) is 0 Å². The molecule has 7 heteroatoms. The number of carbonyl (C=O) groups is 3. The van der Waals surface area contributed by atoms with Crippen molar-refractivity contribution in [2.75, 3.05) is 11.9 Å². The van der Waals surface area contributed by atoms with Crippen LogP contribution >= 0.6 is 0 Å². The van der Waals surface area contributed by atoms with Crippen LogP contribution in [0.2, 0.25) is 0 Å². The van der Waals surface area contributed by atoms with Gasteiger partial charge in [0.25, 0.3) is 0 Å². The van der Waals surface area contributed by atoms with Crippen LogP contribution in [-0.2, 0) is 19.1 Å². The van der Waals surface area contributed by atoms with E-state index in [0.29, 0.717) is 12.3 Å². The van der Waals surface area contributed by atoms with Crippen LogP contribution in [0.3, 0.4) is 0 Å². The molecule has 29 heavy (non-hydrogen) atoms. The van der Waals surface area contributed by atoms with Gasteiger partial charge in [0.2, 0.25) is 5.91 Å².